The molecule has 11 aliphatic rings. The average Bonchev–Trinajstić information content (AvgIpc) is 1.65. The van der Waals surface area contributed by atoms with Crippen molar-refractivity contribution in [3.05, 3.63) is 143 Å². The summed E-state index contributed by atoms with van der Waals surface area (Å²) in [5, 5.41) is 0. The maximum absolute atomic E-state index is 12.9. The molecule has 15 rings (SSSR count). The molecule has 13 heteroatoms. The number of nitrogens with zero attached hydrogens (tertiary/aromatic N) is 3. The fraction of sp³-hybridized carbons (Fsp3) is 0.578. The van der Waals surface area contributed by atoms with Crippen LogP contribution in [-0.4, -0.2) is 84.1 Å². The molecule has 3 saturated carbocycles. The molecule has 4 aromatic rings. The van der Waals surface area contributed by atoms with E-state index in [-0.39, 0.29) is 96.5 Å². The van der Waals surface area contributed by atoms with Crippen LogP contribution in [0.5, 0.6) is 0 Å². The first-order chi connectivity index (χ1) is 61.9. The summed E-state index contributed by atoms with van der Waals surface area (Å²) in [5.41, 5.74) is 8.40. The second-order valence-corrected chi connectivity index (χ2v) is 38.6. The molecule has 0 saturated heterocycles. The van der Waals surface area contributed by atoms with Gasteiger partial charge in [0.15, 0.2) is 5.78 Å². The van der Waals surface area contributed by atoms with Crippen LogP contribution >= 0.6 is 0 Å². The van der Waals surface area contributed by atoms with Gasteiger partial charge < -0.3 is 24.0 Å². The number of fused-ring (bicyclic) bond motifs is 7. The summed E-state index contributed by atoms with van der Waals surface area (Å²) in [6.45, 7) is 39.3. The first-order valence-corrected chi connectivity index (χ1v) is 48.7. The molecule has 3 heterocycles. The van der Waals surface area contributed by atoms with Crippen LogP contribution in [-0.2, 0) is 60.9 Å². The number of carbonyl (C=O) groups excluding carboxylic acids is 7. The number of hydrogen-bond acceptors (Lipinski definition) is 11. The molecular weight excluding hydrogens is 1600 g/mol. The SMILES string of the molecule is C#CC(C)C.CC(C)C(=O)CCC(=O)N1Cc2ccccc2C#Cc2ccccc21.CC(C)C(=O)COC1C#CCCCCC1.CC(C)C(=O)OCC1C2CCC#CCCC21.CC(C)C(=O)OCC1[C@H]2CCC#CCC[C@@H]12.CC(C)C1C#CCCCCC1.CC(C)C1C2CCC#CCCC21.CC(C)N1C(=O)C=CC1=O.CC(C)N1Cc2ccccc2C#Cc2ccccc21. The molecule has 129 heavy (non-hydrogen) atoms. The van der Waals surface area contributed by atoms with E-state index in [1.54, 1.807) is 4.90 Å². The second kappa shape index (κ2) is 56.4. The molecule has 3 amide bonds. The molecule has 8 aliphatic carbocycles. The number of ketones is 2. The fourth-order valence-electron chi connectivity index (χ4n) is 17.4. The van der Waals surface area contributed by atoms with Crippen LogP contribution in [0.4, 0.5) is 11.4 Å². The lowest BCUT2D eigenvalue weighted by Crippen LogP contribution is -2.36. The molecular formula is C116H151N3O10. The number of rotatable bonds is 18. The van der Waals surface area contributed by atoms with Gasteiger partial charge in [-0.1, -0.05) is 212 Å². The van der Waals surface area contributed by atoms with Crippen LogP contribution in [0.1, 0.15) is 312 Å². The maximum Gasteiger partial charge on any atom is 0.308 e. The van der Waals surface area contributed by atoms with Crippen LogP contribution in [0.2, 0.25) is 0 Å². The molecule has 4 aromatic carbocycles. The number of ether oxygens (including phenoxy) is 3. The number of hydrogen-bond donors (Lipinski definition) is 0. The Morgan fingerprint density at radius 3 is 1.23 bits per heavy atom. The standard InChI is InChI=1S/C22H21NO2.C18H17N.2C14H20O2.C13H20O2.C12H18.C11H18.C7H9NO2.C5H8/c1-16(2)21(24)13-14-22(25)23-15-19-9-4-3-7-17(19)11-12-18-8-5-6-10-20(18)23;1-14(2)19-13-17-9-4-3-7-15(17)11-12-16-8-5-6-10-18(16)19;2*1-10(2)14(15)16-9-13-11-7-5-3-4-6-8-12(11)13;1-11(2)13(14)10-15-12-8-6-4-3-5-7-9-12;1-9(2)12-10-7-5-3-4-6-8-11(10)12;1-10(2)11-8-6-4-3-5-7-9-11;1-5(2)8-6(9)3-4-7(8)10;1-4-5(2)3/h3-10,16H,13-15H2,1-2H3;3-10,14H,13H2,1-2H3;2*10-13H,5-9H2,1-2H3;11-12H,3-6,8,10H2,1-2H3;9-12H,5-8H2,1-2H3;10-11H,3-6,8H2,1-2H3;3-5H,1-2H3;1,5H,2-3H3/t;;11-,12+,13?;;;;;;. The van der Waals surface area contributed by atoms with E-state index in [0.29, 0.717) is 49.5 Å². The Balaban J connectivity index is 0.000000203. The van der Waals surface area contributed by atoms with Crippen LogP contribution in [0, 0.1) is 196 Å². The minimum absolute atomic E-state index is 0.00494. The van der Waals surface area contributed by atoms with Gasteiger partial charge in [0.2, 0.25) is 5.91 Å². The van der Waals surface area contributed by atoms with Crippen LogP contribution < -0.4 is 9.80 Å². The third kappa shape index (κ3) is 36.6. The summed E-state index contributed by atoms with van der Waals surface area (Å²) in [5.74, 6) is 57.5. The van der Waals surface area contributed by atoms with Gasteiger partial charge in [0.1, 0.15) is 18.5 Å². The highest BCUT2D eigenvalue weighted by molar-refractivity contribution is 6.13. The number of imide groups is 1. The van der Waals surface area contributed by atoms with Crippen LogP contribution in [0.25, 0.3) is 0 Å². The summed E-state index contributed by atoms with van der Waals surface area (Å²) < 4.78 is 16.2. The van der Waals surface area contributed by atoms with Crippen molar-refractivity contribution in [3.8, 4) is 95.2 Å². The van der Waals surface area contributed by atoms with E-state index in [2.05, 4.69) is 184 Å². The van der Waals surface area contributed by atoms with Gasteiger partial charge in [-0.25, -0.2) is 0 Å². The highest BCUT2D eigenvalue weighted by atomic mass is 16.5. The zero-order valence-electron chi connectivity index (χ0n) is 81.4. The van der Waals surface area contributed by atoms with Gasteiger partial charge in [0.05, 0.1) is 43.0 Å². The largest absolute Gasteiger partial charge is 0.465 e. The number of anilines is 2. The Labute approximate surface area is 778 Å². The number of para-hydroxylation sites is 2. The first kappa shape index (κ1) is 106. The molecule has 9 atom stereocenters. The van der Waals surface area contributed by atoms with Crippen molar-refractivity contribution in [2.45, 2.75) is 310 Å². The van der Waals surface area contributed by atoms with Gasteiger partial charge >= 0.3 is 11.9 Å². The van der Waals surface area contributed by atoms with Gasteiger partial charge in [0.25, 0.3) is 11.8 Å². The molecule has 13 nitrogen and oxygen atoms in total. The van der Waals surface area contributed by atoms with E-state index >= 15 is 0 Å². The molecule has 7 unspecified atom stereocenters. The Hall–Kier alpha value is -10.3. The monoisotopic (exact) mass is 1750 g/mol. The van der Waals surface area contributed by atoms with E-state index in [4.69, 9.17) is 20.6 Å². The van der Waals surface area contributed by atoms with Crippen molar-refractivity contribution in [2.75, 3.05) is 29.6 Å². The van der Waals surface area contributed by atoms with Gasteiger partial charge in [-0.3, -0.25) is 38.5 Å². The Morgan fingerprint density at radius 2 is 0.814 bits per heavy atom. The Morgan fingerprint density at radius 1 is 0.411 bits per heavy atom. The van der Waals surface area contributed by atoms with E-state index < -0.39 is 0 Å². The lowest BCUT2D eigenvalue weighted by molar-refractivity contribution is -0.148. The molecule has 0 bridgehead atoms. The highest BCUT2D eigenvalue weighted by Gasteiger charge is 2.51. The zero-order chi connectivity index (χ0) is 93.9. The third-order valence-electron chi connectivity index (χ3n) is 25.6. The predicted octanol–water partition coefficient (Wildman–Crippen LogP) is 23.5. The highest BCUT2D eigenvalue weighted by Crippen LogP contribution is 2.56. The van der Waals surface area contributed by atoms with E-state index in [9.17, 15) is 33.6 Å². The molecule has 690 valence electrons. The quantitative estimate of drug-likeness (QED) is 0.0530. The van der Waals surface area contributed by atoms with Crippen molar-refractivity contribution in [3.63, 3.8) is 0 Å². The van der Waals surface area contributed by atoms with E-state index in [1.807, 2.05) is 132 Å². The van der Waals surface area contributed by atoms with Gasteiger partial charge in [-0.15, -0.1) is 59.7 Å². The van der Waals surface area contributed by atoms with Crippen molar-refractivity contribution >= 4 is 52.6 Å². The number of terminal acetylenes is 1. The molecule has 0 N–H and O–H groups in total. The minimum atomic E-state index is -0.208. The summed E-state index contributed by atoms with van der Waals surface area (Å²) >= 11 is 0. The minimum Gasteiger partial charge on any atom is -0.465 e. The van der Waals surface area contributed by atoms with Crippen molar-refractivity contribution in [1.29, 1.82) is 0 Å². The van der Waals surface area contributed by atoms with Crippen molar-refractivity contribution in [2.24, 2.45) is 101 Å². The Kier molecular flexibility index (Phi) is 46.2. The van der Waals surface area contributed by atoms with Crippen LogP contribution in [0.15, 0.2) is 109 Å². The third-order valence-corrected chi connectivity index (χ3v) is 25.6. The summed E-state index contributed by atoms with van der Waals surface area (Å²) in [4.78, 5) is 86.0. The summed E-state index contributed by atoms with van der Waals surface area (Å²) in [6.07, 6.45) is 34.0. The Bertz CT molecular complexity index is 4720. The zero-order valence-corrected chi connectivity index (χ0v) is 81.4. The summed E-state index contributed by atoms with van der Waals surface area (Å²) in [7, 11) is 0. The maximum atomic E-state index is 12.9. The van der Waals surface area contributed by atoms with Crippen molar-refractivity contribution < 1.29 is 47.8 Å². The molecule has 0 spiro atoms. The van der Waals surface area contributed by atoms with Crippen LogP contribution in [0.3, 0.4) is 0 Å². The first-order valence-electron chi connectivity index (χ1n) is 48.7. The number of esters is 2. The normalized spacial score (nSPS) is 22.1. The topological polar surface area (TPSA) is 157 Å². The lowest BCUT2D eigenvalue weighted by atomic mass is 9.89. The average molecular weight is 1750 g/mol. The lowest BCUT2D eigenvalue weighted by Gasteiger charge is -2.31. The van der Waals surface area contributed by atoms with Gasteiger partial charge in [-0.05, 0) is 211 Å². The number of carbonyl (C=O) groups is 7. The molecule has 0 aromatic heterocycles. The fourth-order valence-corrected chi connectivity index (χ4v) is 17.4. The molecule has 3 fully saturated rings. The van der Waals surface area contributed by atoms with Gasteiger partial charge in [0, 0.05) is 141 Å². The molecule has 3 aliphatic heterocycles. The molecule has 0 radical (unpaired) electrons. The number of Topliss-reactive ketones (excluding diaryl/α,β-unsaturated/α-hetero) is 2. The van der Waals surface area contributed by atoms with Crippen molar-refractivity contribution in [1.82, 2.24) is 4.90 Å². The predicted molar refractivity (Wildman–Crippen MR) is 525 cm³/mol. The van der Waals surface area contributed by atoms with E-state index in [1.165, 1.54) is 105 Å². The number of amides is 3. The van der Waals surface area contributed by atoms with E-state index in [0.717, 1.165) is 158 Å². The second-order valence-electron chi connectivity index (χ2n) is 38.6. The smallest absolute Gasteiger partial charge is 0.308 e. The number of benzene rings is 4. The van der Waals surface area contributed by atoms with Gasteiger partial charge in [-0.2, -0.15) is 0 Å². The summed E-state index contributed by atoms with van der Waals surface area (Å²) in [6, 6.07) is 32.8.